The number of rotatable bonds is 3. The van der Waals surface area contributed by atoms with Crippen LogP contribution in [0.1, 0.15) is 18.2 Å². The SMILES string of the molecule is CC(=O)Cc1ccnn1-c1ccc(C#N)cc1. The number of nitriles is 1. The zero-order valence-electron chi connectivity index (χ0n) is 9.42. The predicted octanol–water partition coefficient (Wildman–Crippen LogP) is 1.88. The molecule has 0 radical (unpaired) electrons. The van der Waals surface area contributed by atoms with Crippen LogP contribution in [0.5, 0.6) is 0 Å². The average molecular weight is 225 g/mol. The third kappa shape index (κ3) is 2.40. The molecule has 0 fully saturated rings. The van der Waals surface area contributed by atoms with Gasteiger partial charge in [0, 0.05) is 12.6 Å². The fourth-order valence-electron chi connectivity index (χ4n) is 1.63. The molecule has 1 heterocycles. The van der Waals surface area contributed by atoms with Gasteiger partial charge in [-0.25, -0.2) is 4.68 Å². The fourth-order valence-corrected chi connectivity index (χ4v) is 1.63. The van der Waals surface area contributed by atoms with Crippen molar-refractivity contribution in [3.63, 3.8) is 0 Å². The van der Waals surface area contributed by atoms with Gasteiger partial charge in [0.25, 0.3) is 0 Å². The maximum Gasteiger partial charge on any atom is 0.135 e. The minimum Gasteiger partial charge on any atom is -0.300 e. The standard InChI is InChI=1S/C13H11N3O/c1-10(17)8-13-6-7-15-16(13)12-4-2-11(9-14)3-5-12/h2-7H,8H2,1H3. The maximum atomic E-state index is 11.1. The summed E-state index contributed by atoms with van der Waals surface area (Å²) < 4.78 is 1.71. The summed E-state index contributed by atoms with van der Waals surface area (Å²) in [6.07, 6.45) is 2.02. The van der Waals surface area contributed by atoms with Crippen molar-refractivity contribution in [3.8, 4) is 11.8 Å². The molecule has 4 heteroatoms. The molecule has 0 amide bonds. The Morgan fingerprint density at radius 1 is 1.35 bits per heavy atom. The van der Waals surface area contributed by atoms with E-state index >= 15 is 0 Å². The number of benzene rings is 1. The number of Topliss-reactive ketones (excluding diaryl/α,β-unsaturated/α-hetero) is 1. The minimum atomic E-state index is 0.0976. The van der Waals surface area contributed by atoms with E-state index in [4.69, 9.17) is 5.26 Å². The molecule has 0 aliphatic carbocycles. The largest absolute Gasteiger partial charge is 0.300 e. The van der Waals surface area contributed by atoms with E-state index in [0.717, 1.165) is 11.4 Å². The molecule has 0 aliphatic heterocycles. The molecular formula is C13H11N3O. The van der Waals surface area contributed by atoms with Gasteiger partial charge in [-0.1, -0.05) is 0 Å². The van der Waals surface area contributed by atoms with E-state index in [9.17, 15) is 4.79 Å². The van der Waals surface area contributed by atoms with Crippen molar-refractivity contribution in [2.45, 2.75) is 13.3 Å². The van der Waals surface area contributed by atoms with Gasteiger partial charge in [0.1, 0.15) is 5.78 Å². The smallest absolute Gasteiger partial charge is 0.135 e. The maximum absolute atomic E-state index is 11.1. The summed E-state index contributed by atoms with van der Waals surface area (Å²) >= 11 is 0. The Balaban J connectivity index is 2.36. The second-order valence-corrected chi connectivity index (χ2v) is 3.77. The second kappa shape index (κ2) is 4.62. The number of ketones is 1. The lowest BCUT2D eigenvalue weighted by molar-refractivity contribution is -0.116. The van der Waals surface area contributed by atoms with Crippen LogP contribution in [0.25, 0.3) is 5.69 Å². The number of hydrogen-bond donors (Lipinski definition) is 0. The summed E-state index contributed by atoms with van der Waals surface area (Å²) in [5, 5.41) is 12.9. The molecule has 2 aromatic rings. The third-order valence-corrected chi connectivity index (χ3v) is 2.39. The highest BCUT2D eigenvalue weighted by Crippen LogP contribution is 2.12. The molecule has 1 aromatic heterocycles. The minimum absolute atomic E-state index is 0.0976. The van der Waals surface area contributed by atoms with Crippen LogP contribution in [-0.2, 0) is 11.2 Å². The van der Waals surface area contributed by atoms with Crippen LogP contribution in [0, 0.1) is 11.3 Å². The van der Waals surface area contributed by atoms with E-state index in [0.29, 0.717) is 12.0 Å². The first kappa shape index (κ1) is 11.1. The van der Waals surface area contributed by atoms with E-state index in [-0.39, 0.29) is 5.78 Å². The van der Waals surface area contributed by atoms with Crippen molar-refractivity contribution in [1.82, 2.24) is 9.78 Å². The monoisotopic (exact) mass is 225 g/mol. The van der Waals surface area contributed by atoms with E-state index < -0.39 is 0 Å². The van der Waals surface area contributed by atoms with Crippen molar-refractivity contribution in [1.29, 1.82) is 5.26 Å². The van der Waals surface area contributed by atoms with Gasteiger partial charge < -0.3 is 0 Å². The molecule has 0 saturated heterocycles. The number of carbonyl (C=O) groups is 1. The molecule has 0 spiro atoms. The van der Waals surface area contributed by atoms with Crippen LogP contribution < -0.4 is 0 Å². The second-order valence-electron chi connectivity index (χ2n) is 3.77. The Morgan fingerprint density at radius 2 is 2.06 bits per heavy atom. The van der Waals surface area contributed by atoms with Gasteiger partial charge in [0.05, 0.1) is 23.0 Å². The van der Waals surface area contributed by atoms with Crippen LogP contribution >= 0.6 is 0 Å². The van der Waals surface area contributed by atoms with Crippen LogP contribution in [0.4, 0.5) is 0 Å². The lowest BCUT2D eigenvalue weighted by Crippen LogP contribution is -2.06. The molecule has 0 aliphatic rings. The molecule has 0 N–H and O–H groups in total. The summed E-state index contributed by atoms with van der Waals surface area (Å²) in [5.41, 5.74) is 2.31. The highest BCUT2D eigenvalue weighted by molar-refractivity contribution is 5.77. The van der Waals surface area contributed by atoms with Crippen LogP contribution in [0.15, 0.2) is 36.5 Å². The molecule has 0 bridgehead atoms. The van der Waals surface area contributed by atoms with Crippen molar-refractivity contribution >= 4 is 5.78 Å². The summed E-state index contributed by atoms with van der Waals surface area (Å²) in [4.78, 5) is 11.1. The lowest BCUT2D eigenvalue weighted by atomic mass is 10.2. The lowest BCUT2D eigenvalue weighted by Gasteiger charge is -2.05. The number of hydrogen-bond acceptors (Lipinski definition) is 3. The van der Waals surface area contributed by atoms with Crippen LogP contribution in [0.3, 0.4) is 0 Å². The van der Waals surface area contributed by atoms with Crippen molar-refractivity contribution in [2.75, 3.05) is 0 Å². The highest BCUT2D eigenvalue weighted by atomic mass is 16.1. The van der Waals surface area contributed by atoms with E-state index in [2.05, 4.69) is 11.2 Å². The van der Waals surface area contributed by atoms with E-state index in [1.165, 1.54) is 0 Å². The first-order valence-electron chi connectivity index (χ1n) is 5.23. The Labute approximate surface area is 99.1 Å². The summed E-state index contributed by atoms with van der Waals surface area (Å²) in [7, 11) is 0. The summed E-state index contributed by atoms with van der Waals surface area (Å²) in [5.74, 6) is 0.0976. The molecule has 2 rings (SSSR count). The Kier molecular flexibility index (Phi) is 3.01. The van der Waals surface area contributed by atoms with E-state index in [1.54, 1.807) is 29.9 Å². The first-order valence-corrected chi connectivity index (χ1v) is 5.23. The molecule has 0 unspecified atom stereocenters. The Bertz CT molecular complexity index is 575. The normalized spacial score (nSPS) is 9.88. The molecule has 0 saturated carbocycles. The number of aromatic nitrogens is 2. The summed E-state index contributed by atoms with van der Waals surface area (Å²) in [6, 6.07) is 11.0. The predicted molar refractivity (Wildman–Crippen MR) is 62.7 cm³/mol. The first-order chi connectivity index (χ1) is 8.20. The van der Waals surface area contributed by atoms with Crippen molar-refractivity contribution < 1.29 is 4.79 Å². The fraction of sp³-hybridized carbons (Fsp3) is 0.154. The Hall–Kier alpha value is -2.41. The average Bonchev–Trinajstić information content (AvgIpc) is 2.76. The van der Waals surface area contributed by atoms with Crippen molar-refractivity contribution in [2.24, 2.45) is 0 Å². The van der Waals surface area contributed by atoms with Gasteiger partial charge in [-0.05, 0) is 37.3 Å². The molecular weight excluding hydrogens is 214 g/mol. The number of nitrogens with zero attached hydrogens (tertiary/aromatic N) is 3. The van der Waals surface area contributed by atoms with Gasteiger partial charge in [-0.15, -0.1) is 0 Å². The third-order valence-electron chi connectivity index (χ3n) is 2.39. The highest BCUT2D eigenvalue weighted by Gasteiger charge is 2.06. The van der Waals surface area contributed by atoms with Crippen LogP contribution in [0.2, 0.25) is 0 Å². The van der Waals surface area contributed by atoms with Crippen LogP contribution in [-0.4, -0.2) is 15.6 Å². The molecule has 84 valence electrons. The topological polar surface area (TPSA) is 58.7 Å². The van der Waals surface area contributed by atoms with Gasteiger partial charge in [-0.2, -0.15) is 10.4 Å². The van der Waals surface area contributed by atoms with Gasteiger partial charge in [0.2, 0.25) is 0 Å². The zero-order chi connectivity index (χ0) is 12.3. The quantitative estimate of drug-likeness (QED) is 0.801. The van der Waals surface area contributed by atoms with Gasteiger partial charge in [0.15, 0.2) is 0 Å². The molecule has 0 atom stereocenters. The Morgan fingerprint density at radius 3 is 2.65 bits per heavy atom. The van der Waals surface area contributed by atoms with Crippen molar-refractivity contribution in [3.05, 3.63) is 47.8 Å². The molecule has 1 aromatic carbocycles. The molecule has 4 nitrogen and oxygen atoms in total. The van der Waals surface area contributed by atoms with E-state index in [1.807, 2.05) is 18.2 Å². The zero-order valence-corrected chi connectivity index (χ0v) is 9.42. The van der Waals surface area contributed by atoms with Gasteiger partial charge in [-0.3, -0.25) is 4.79 Å². The number of carbonyl (C=O) groups excluding carboxylic acids is 1. The van der Waals surface area contributed by atoms with Gasteiger partial charge >= 0.3 is 0 Å². The summed E-state index contributed by atoms with van der Waals surface area (Å²) in [6.45, 7) is 1.55. The molecule has 17 heavy (non-hydrogen) atoms.